The van der Waals surface area contributed by atoms with Gasteiger partial charge in [0.05, 0.1) is 0 Å². The third-order valence-corrected chi connectivity index (χ3v) is 4.21. The fourth-order valence-corrected chi connectivity index (χ4v) is 2.85. The van der Waals surface area contributed by atoms with Crippen LogP contribution in [0.1, 0.15) is 10.4 Å². The molecule has 1 aromatic heterocycles. The number of benzene rings is 3. The molecule has 4 aromatic rings. The van der Waals surface area contributed by atoms with Crippen molar-refractivity contribution in [2.24, 2.45) is 10.2 Å². The summed E-state index contributed by atoms with van der Waals surface area (Å²) in [6, 6.07) is 24.9. The second kappa shape index (κ2) is 6.64. The molecule has 1 heterocycles. The summed E-state index contributed by atoms with van der Waals surface area (Å²) < 4.78 is 0. The quantitative estimate of drug-likeness (QED) is 0.493. The Bertz CT molecular complexity index is 1100. The van der Waals surface area contributed by atoms with Gasteiger partial charge in [0.15, 0.2) is 5.82 Å². The summed E-state index contributed by atoms with van der Waals surface area (Å²) in [5.74, 6) is 0.587. The number of aromatic amines is 1. The molecule has 4 rings (SSSR count). The van der Waals surface area contributed by atoms with E-state index in [-0.39, 0.29) is 0 Å². The molecule has 5 heteroatoms. The van der Waals surface area contributed by atoms with Gasteiger partial charge >= 0.3 is 0 Å². The molecule has 126 valence electrons. The van der Waals surface area contributed by atoms with Gasteiger partial charge in [-0.1, -0.05) is 66.7 Å². The molecule has 0 radical (unpaired) electrons. The summed E-state index contributed by atoms with van der Waals surface area (Å²) >= 11 is 0. The number of carbonyl (C=O) groups is 1. The molecular formula is C21H16N4O. The molecule has 3 N–H and O–H groups in total. The zero-order chi connectivity index (χ0) is 17.9. The molecule has 0 aliphatic carbocycles. The van der Waals surface area contributed by atoms with E-state index in [0.29, 0.717) is 17.2 Å². The summed E-state index contributed by atoms with van der Waals surface area (Å²) in [4.78, 5) is 15.3. The molecule has 5 nitrogen and oxygen atoms in total. The second-order valence-electron chi connectivity index (χ2n) is 5.88. The van der Waals surface area contributed by atoms with Crippen LogP contribution in [0.25, 0.3) is 21.9 Å². The Labute approximate surface area is 150 Å². The molecule has 0 aliphatic rings. The molecule has 3 aromatic carbocycles. The summed E-state index contributed by atoms with van der Waals surface area (Å²) in [5, 5.41) is 9.58. The van der Waals surface area contributed by atoms with Crippen molar-refractivity contribution in [1.29, 1.82) is 0 Å². The van der Waals surface area contributed by atoms with Gasteiger partial charge in [-0.3, -0.25) is 4.79 Å². The number of H-pyrrole nitrogens is 1. The highest BCUT2D eigenvalue weighted by atomic mass is 16.1. The first-order valence-electron chi connectivity index (χ1n) is 8.20. The summed E-state index contributed by atoms with van der Waals surface area (Å²) in [6.07, 6.45) is 0. The SMILES string of the molecule is Nc1[nH]c(N=NC(=O)c2ccc(-c3ccccc3)cc2)c2ccccc12. The van der Waals surface area contributed by atoms with Gasteiger partial charge in [0.25, 0.3) is 5.91 Å². The van der Waals surface area contributed by atoms with Crippen molar-refractivity contribution in [1.82, 2.24) is 4.98 Å². The minimum atomic E-state index is -0.401. The highest BCUT2D eigenvalue weighted by molar-refractivity contribution is 6.00. The minimum Gasteiger partial charge on any atom is -0.385 e. The van der Waals surface area contributed by atoms with Gasteiger partial charge in [-0.2, -0.15) is 0 Å². The van der Waals surface area contributed by atoms with Crippen LogP contribution in [0.4, 0.5) is 11.6 Å². The Morgan fingerprint density at radius 1 is 0.769 bits per heavy atom. The van der Waals surface area contributed by atoms with E-state index in [1.165, 1.54) is 0 Å². The van der Waals surface area contributed by atoms with Crippen LogP contribution in [-0.2, 0) is 0 Å². The molecular weight excluding hydrogens is 324 g/mol. The Morgan fingerprint density at radius 3 is 2.12 bits per heavy atom. The van der Waals surface area contributed by atoms with Gasteiger partial charge in [-0.15, -0.1) is 10.2 Å². The van der Waals surface area contributed by atoms with Crippen LogP contribution in [0, 0.1) is 0 Å². The Morgan fingerprint density at radius 2 is 1.38 bits per heavy atom. The molecule has 0 bridgehead atoms. The van der Waals surface area contributed by atoms with E-state index in [0.717, 1.165) is 21.9 Å². The van der Waals surface area contributed by atoms with Crippen LogP contribution in [0.2, 0.25) is 0 Å². The number of hydrogen-bond acceptors (Lipinski definition) is 3. The third-order valence-electron chi connectivity index (χ3n) is 4.21. The van der Waals surface area contributed by atoms with Crippen LogP contribution in [0.3, 0.4) is 0 Å². The van der Waals surface area contributed by atoms with Gasteiger partial charge < -0.3 is 10.7 Å². The van der Waals surface area contributed by atoms with Crippen LogP contribution >= 0.6 is 0 Å². The van der Waals surface area contributed by atoms with Crippen LogP contribution in [0.5, 0.6) is 0 Å². The number of fused-ring (bicyclic) bond motifs is 1. The maximum absolute atomic E-state index is 12.3. The second-order valence-corrected chi connectivity index (χ2v) is 5.88. The number of nitrogen functional groups attached to an aromatic ring is 1. The van der Waals surface area contributed by atoms with E-state index < -0.39 is 5.91 Å². The average Bonchev–Trinajstić information content (AvgIpc) is 3.03. The lowest BCUT2D eigenvalue weighted by Gasteiger charge is -2.01. The van der Waals surface area contributed by atoms with Crippen LogP contribution in [0.15, 0.2) is 89.1 Å². The van der Waals surface area contributed by atoms with Gasteiger partial charge in [-0.25, -0.2) is 0 Å². The number of azo groups is 1. The number of nitrogens with two attached hydrogens (primary N) is 1. The van der Waals surface area contributed by atoms with E-state index in [4.69, 9.17) is 5.73 Å². The molecule has 0 fully saturated rings. The monoisotopic (exact) mass is 340 g/mol. The zero-order valence-corrected chi connectivity index (χ0v) is 13.9. The van der Waals surface area contributed by atoms with E-state index >= 15 is 0 Å². The molecule has 1 amide bonds. The Hall–Kier alpha value is -3.73. The van der Waals surface area contributed by atoms with Crippen molar-refractivity contribution in [3.8, 4) is 11.1 Å². The molecule has 0 saturated carbocycles. The van der Waals surface area contributed by atoms with Crippen molar-refractivity contribution >= 4 is 28.3 Å². The van der Waals surface area contributed by atoms with E-state index in [9.17, 15) is 4.79 Å². The van der Waals surface area contributed by atoms with Gasteiger partial charge in [-0.05, 0) is 23.3 Å². The van der Waals surface area contributed by atoms with Gasteiger partial charge in [0.1, 0.15) is 5.82 Å². The van der Waals surface area contributed by atoms with E-state index in [2.05, 4.69) is 15.2 Å². The Kier molecular flexibility index (Phi) is 4.03. The largest absolute Gasteiger partial charge is 0.385 e. The maximum Gasteiger partial charge on any atom is 0.295 e. The zero-order valence-electron chi connectivity index (χ0n) is 13.9. The normalized spacial score (nSPS) is 11.2. The van der Waals surface area contributed by atoms with Gasteiger partial charge in [0, 0.05) is 16.3 Å². The lowest BCUT2D eigenvalue weighted by atomic mass is 10.0. The maximum atomic E-state index is 12.3. The number of anilines is 1. The topological polar surface area (TPSA) is 83.6 Å². The summed E-state index contributed by atoms with van der Waals surface area (Å²) in [6.45, 7) is 0. The van der Waals surface area contributed by atoms with E-state index in [1.807, 2.05) is 66.7 Å². The lowest BCUT2D eigenvalue weighted by molar-refractivity contribution is 0.0995. The highest BCUT2D eigenvalue weighted by Crippen LogP contribution is 2.30. The number of aromatic nitrogens is 1. The van der Waals surface area contributed by atoms with Crippen molar-refractivity contribution in [3.05, 3.63) is 84.4 Å². The van der Waals surface area contributed by atoms with Crippen LogP contribution < -0.4 is 5.73 Å². The molecule has 0 spiro atoms. The molecule has 26 heavy (non-hydrogen) atoms. The van der Waals surface area contributed by atoms with Gasteiger partial charge in [0.2, 0.25) is 0 Å². The number of hydrogen-bond donors (Lipinski definition) is 2. The van der Waals surface area contributed by atoms with E-state index in [1.54, 1.807) is 12.1 Å². The first kappa shape index (κ1) is 15.8. The Balaban J connectivity index is 1.57. The average molecular weight is 340 g/mol. The predicted molar refractivity (Wildman–Crippen MR) is 103 cm³/mol. The fraction of sp³-hybridized carbons (Fsp3) is 0. The third kappa shape index (κ3) is 2.98. The highest BCUT2D eigenvalue weighted by Gasteiger charge is 2.09. The summed E-state index contributed by atoms with van der Waals surface area (Å²) in [7, 11) is 0. The first-order chi connectivity index (χ1) is 12.7. The van der Waals surface area contributed by atoms with Crippen LogP contribution in [-0.4, -0.2) is 10.9 Å². The predicted octanol–water partition coefficient (Wildman–Crippen LogP) is 5.34. The number of nitrogens with zero attached hydrogens (tertiary/aromatic N) is 2. The fourth-order valence-electron chi connectivity index (χ4n) is 2.85. The molecule has 0 saturated heterocycles. The number of nitrogens with one attached hydrogen (secondary N) is 1. The molecule has 0 atom stereocenters. The van der Waals surface area contributed by atoms with Crippen molar-refractivity contribution in [3.63, 3.8) is 0 Å². The minimum absolute atomic E-state index is 0.401. The van der Waals surface area contributed by atoms with Crippen molar-refractivity contribution in [2.45, 2.75) is 0 Å². The van der Waals surface area contributed by atoms with Crippen molar-refractivity contribution < 1.29 is 4.79 Å². The smallest absolute Gasteiger partial charge is 0.295 e. The summed E-state index contributed by atoms with van der Waals surface area (Å²) in [5.41, 5.74) is 8.55. The first-order valence-corrected chi connectivity index (χ1v) is 8.20. The standard InChI is InChI=1S/C21H16N4O/c22-19-17-8-4-5-9-18(17)20(23-19)24-25-21(26)16-12-10-15(11-13-16)14-6-2-1-3-7-14/h1-13,23H,22H2. The lowest BCUT2D eigenvalue weighted by Crippen LogP contribution is -1.93. The molecule has 0 aliphatic heterocycles. The van der Waals surface area contributed by atoms with Crippen molar-refractivity contribution in [2.75, 3.05) is 5.73 Å². The number of amides is 1. The number of carbonyl (C=O) groups excluding carboxylic acids is 1. The number of rotatable bonds is 3. The molecule has 0 unspecified atom stereocenters.